The van der Waals surface area contributed by atoms with Crippen molar-refractivity contribution >= 4 is 0 Å². The highest BCUT2D eigenvalue weighted by molar-refractivity contribution is 5.35. The quantitative estimate of drug-likeness (QED) is 0.237. The summed E-state index contributed by atoms with van der Waals surface area (Å²) in [5, 5.41) is 0. The average molecular weight is 607 g/mol. The standard InChI is InChI=1S/C24H40O.C12H14O.2C3H8/c1-6-16(2)20-9-10-21-19-8-7-17-15-18(25-5)11-13-23(17,3)22(19)12-14-24(20,21)4;1-4-11-5-7-12(8-6-11)10(2)9-13-3;2*1-3-2/h7,16,18-22H,6,8-15H2,1-5H3;1,5-8,10H,9H2,2-3H3;2*3H2,1-2H3. The topological polar surface area (TPSA) is 18.5 Å². The van der Waals surface area contributed by atoms with Crippen molar-refractivity contribution in [2.45, 2.75) is 145 Å². The Bertz CT molecular complexity index is 1020. The molecule has 0 amide bonds. The summed E-state index contributed by atoms with van der Waals surface area (Å²) in [5.74, 6) is 7.80. The van der Waals surface area contributed by atoms with Crippen molar-refractivity contribution in [3.8, 4) is 12.3 Å². The lowest BCUT2D eigenvalue weighted by Crippen LogP contribution is -2.50. The smallest absolute Gasteiger partial charge is 0.0608 e. The summed E-state index contributed by atoms with van der Waals surface area (Å²) in [5.41, 5.74) is 5.05. The van der Waals surface area contributed by atoms with E-state index in [0.717, 1.165) is 41.8 Å². The molecule has 0 saturated heterocycles. The van der Waals surface area contributed by atoms with E-state index in [1.54, 1.807) is 12.7 Å². The zero-order valence-corrected chi connectivity index (χ0v) is 30.8. The van der Waals surface area contributed by atoms with Crippen molar-refractivity contribution in [1.82, 2.24) is 0 Å². The second-order valence-corrected chi connectivity index (χ2v) is 15.0. The number of methoxy groups -OCH3 is 2. The molecule has 0 radical (unpaired) electrons. The first-order valence-corrected chi connectivity index (χ1v) is 18.3. The van der Waals surface area contributed by atoms with Crippen LogP contribution in [0.3, 0.4) is 0 Å². The molecule has 4 aliphatic carbocycles. The summed E-state index contributed by atoms with van der Waals surface area (Å²) in [6.07, 6.45) is 23.4. The van der Waals surface area contributed by atoms with E-state index in [1.807, 2.05) is 19.2 Å². The van der Waals surface area contributed by atoms with E-state index in [0.29, 0.717) is 22.9 Å². The number of fused-ring (bicyclic) bond motifs is 5. The first-order valence-electron chi connectivity index (χ1n) is 18.3. The van der Waals surface area contributed by atoms with E-state index in [-0.39, 0.29) is 0 Å². The van der Waals surface area contributed by atoms with Gasteiger partial charge in [-0.05, 0) is 109 Å². The molecular weight excluding hydrogens is 536 g/mol. The van der Waals surface area contributed by atoms with Gasteiger partial charge in [0.05, 0.1) is 12.7 Å². The predicted octanol–water partition coefficient (Wildman–Crippen LogP) is 11.9. The van der Waals surface area contributed by atoms with Gasteiger partial charge >= 0.3 is 0 Å². The highest BCUT2D eigenvalue weighted by Gasteiger charge is 2.59. The maximum atomic E-state index is 5.72. The third-order valence-corrected chi connectivity index (χ3v) is 11.9. The molecule has 0 spiro atoms. The molecule has 0 bridgehead atoms. The molecule has 0 heterocycles. The van der Waals surface area contributed by atoms with Crippen molar-refractivity contribution in [2.75, 3.05) is 20.8 Å². The van der Waals surface area contributed by atoms with Crippen molar-refractivity contribution in [2.24, 2.45) is 40.4 Å². The van der Waals surface area contributed by atoms with Crippen molar-refractivity contribution < 1.29 is 9.47 Å². The molecule has 3 saturated carbocycles. The van der Waals surface area contributed by atoms with E-state index in [9.17, 15) is 0 Å². The van der Waals surface area contributed by atoms with Gasteiger partial charge in [0.1, 0.15) is 0 Å². The second-order valence-electron chi connectivity index (χ2n) is 15.0. The molecule has 44 heavy (non-hydrogen) atoms. The van der Waals surface area contributed by atoms with Crippen LogP contribution < -0.4 is 0 Å². The monoisotopic (exact) mass is 607 g/mol. The highest BCUT2D eigenvalue weighted by atomic mass is 16.5. The minimum Gasteiger partial charge on any atom is -0.384 e. The number of terminal acetylenes is 1. The number of benzene rings is 1. The lowest BCUT2D eigenvalue weighted by Gasteiger charge is -2.58. The molecule has 2 nitrogen and oxygen atoms in total. The molecule has 1 aromatic carbocycles. The third-order valence-electron chi connectivity index (χ3n) is 11.9. The zero-order chi connectivity index (χ0) is 32.9. The van der Waals surface area contributed by atoms with Crippen LogP contribution in [0.25, 0.3) is 0 Å². The summed E-state index contributed by atoms with van der Waals surface area (Å²) in [6.45, 7) is 21.6. The fourth-order valence-corrected chi connectivity index (χ4v) is 9.34. The molecule has 5 rings (SSSR count). The number of hydrogen-bond donors (Lipinski definition) is 0. The van der Waals surface area contributed by atoms with Gasteiger partial charge in [0, 0.05) is 25.7 Å². The molecule has 2 heteroatoms. The zero-order valence-electron chi connectivity index (χ0n) is 30.8. The normalized spacial score (nSPS) is 33.0. The minimum absolute atomic E-state index is 0.428. The Morgan fingerprint density at radius 3 is 2.07 bits per heavy atom. The fourth-order valence-electron chi connectivity index (χ4n) is 9.34. The fraction of sp³-hybridized carbons (Fsp3) is 0.762. The Balaban J connectivity index is 0.000000299. The molecule has 9 unspecified atom stereocenters. The van der Waals surface area contributed by atoms with Crippen LogP contribution in [0, 0.1) is 52.8 Å². The lowest BCUT2D eigenvalue weighted by atomic mass is 9.47. The minimum atomic E-state index is 0.428. The van der Waals surface area contributed by atoms with E-state index in [2.05, 4.69) is 86.4 Å². The van der Waals surface area contributed by atoms with Gasteiger partial charge in [0.2, 0.25) is 0 Å². The van der Waals surface area contributed by atoms with Gasteiger partial charge in [-0.15, -0.1) is 6.42 Å². The van der Waals surface area contributed by atoms with E-state index in [4.69, 9.17) is 15.9 Å². The van der Waals surface area contributed by atoms with Crippen LogP contribution in [0.2, 0.25) is 0 Å². The molecule has 0 aliphatic heterocycles. The van der Waals surface area contributed by atoms with E-state index < -0.39 is 0 Å². The molecule has 9 atom stereocenters. The summed E-state index contributed by atoms with van der Waals surface area (Å²) in [4.78, 5) is 0. The maximum absolute atomic E-state index is 5.72. The molecule has 0 N–H and O–H groups in total. The summed E-state index contributed by atoms with van der Waals surface area (Å²) >= 11 is 0. The van der Waals surface area contributed by atoms with Crippen LogP contribution in [0.5, 0.6) is 0 Å². The van der Waals surface area contributed by atoms with Gasteiger partial charge in [-0.25, -0.2) is 0 Å². The van der Waals surface area contributed by atoms with Crippen LogP contribution in [-0.2, 0) is 9.47 Å². The molecule has 0 aromatic heterocycles. The Kier molecular flexibility index (Phi) is 16.3. The van der Waals surface area contributed by atoms with Gasteiger partial charge in [-0.3, -0.25) is 0 Å². The van der Waals surface area contributed by atoms with Crippen molar-refractivity contribution in [1.29, 1.82) is 0 Å². The predicted molar refractivity (Wildman–Crippen MR) is 192 cm³/mol. The van der Waals surface area contributed by atoms with Crippen LogP contribution in [-0.4, -0.2) is 26.9 Å². The highest BCUT2D eigenvalue weighted by Crippen LogP contribution is 2.67. The molecular formula is C42H70O2. The number of hydrogen-bond acceptors (Lipinski definition) is 2. The molecule has 3 fully saturated rings. The SMILES string of the molecule is C#Cc1ccc(C(C)COC)cc1.CCC.CCC.CCC(C)C1CCC2C3CC=C4CC(OC)CCC4(C)C3CCC12C. The van der Waals surface area contributed by atoms with Crippen LogP contribution >= 0.6 is 0 Å². The van der Waals surface area contributed by atoms with E-state index in [1.165, 1.54) is 76.2 Å². The maximum Gasteiger partial charge on any atom is 0.0608 e. The number of allylic oxidation sites excluding steroid dienone is 1. The van der Waals surface area contributed by atoms with Gasteiger partial charge in [-0.2, -0.15) is 0 Å². The van der Waals surface area contributed by atoms with Gasteiger partial charge in [-0.1, -0.05) is 111 Å². The van der Waals surface area contributed by atoms with Crippen LogP contribution in [0.15, 0.2) is 35.9 Å². The van der Waals surface area contributed by atoms with Gasteiger partial charge in [0.25, 0.3) is 0 Å². The molecule has 1 aromatic rings. The van der Waals surface area contributed by atoms with Crippen LogP contribution in [0.4, 0.5) is 0 Å². The molecule has 250 valence electrons. The van der Waals surface area contributed by atoms with Gasteiger partial charge < -0.3 is 9.47 Å². The molecule has 4 aliphatic rings. The first kappa shape index (κ1) is 38.6. The summed E-state index contributed by atoms with van der Waals surface area (Å²) in [7, 11) is 3.62. The summed E-state index contributed by atoms with van der Waals surface area (Å²) < 4.78 is 10.8. The van der Waals surface area contributed by atoms with Crippen molar-refractivity contribution in [3.05, 3.63) is 47.0 Å². The lowest BCUT2D eigenvalue weighted by molar-refractivity contribution is -0.0597. The largest absolute Gasteiger partial charge is 0.384 e. The second kappa shape index (κ2) is 18.6. The van der Waals surface area contributed by atoms with E-state index >= 15 is 0 Å². The first-order chi connectivity index (χ1) is 21.0. The summed E-state index contributed by atoms with van der Waals surface area (Å²) in [6, 6.07) is 8.03. The number of ether oxygens (including phenoxy) is 2. The average Bonchev–Trinajstić information content (AvgIpc) is 3.39. The number of rotatable bonds is 6. The van der Waals surface area contributed by atoms with Gasteiger partial charge in [0.15, 0.2) is 0 Å². The Hall–Kier alpha value is -1.56. The Morgan fingerprint density at radius 1 is 0.886 bits per heavy atom. The Labute approximate surface area is 274 Å². The van der Waals surface area contributed by atoms with Crippen LogP contribution in [0.1, 0.15) is 150 Å². The third kappa shape index (κ3) is 9.04. The van der Waals surface area contributed by atoms with Crippen molar-refractivity contribution in [3.63, 3.8) is 0 Å². The Morgan fingerprint density at radius 2 is 1.52 bits per heavy atom.